The summed E-state index contributed by atoms with van der Waals surface area (Å²) in [7, 11) is 1.33. The Kier molecular flexibility index (Phi) is 3.69. The highest BCUT2D eigenvalue weighted by Gasteiger charge is 2.06. The van der Waals surface area contributed by atoms with E-state index in [2.05, 4.69) is 20.0 Å². The van der Waals surface area contributed by atoms with Crippen LogP contribution in [0.2, 0.25) is 0 Å². The van der Waals surface area contributed by atoms with E-state index >= 15 is 0 Å². The Bertz CT molecular complexity index is 632. The van der Waals surface area contributed by atoms with E-state index < -0.39 is 5.97 Å². The van der Waals surface area contributed by atoms with Crippen LogP contribution in [0.1, 0.15) is 15.9 Å². The monoisotopic (exact) mass is 254 g/mol. The first-order valence-corrected chi connectivity index (χ1v) is 5.40. The molecule has 0 aliphatic carbocycles. The van der Waals surface area contributed by atoms with Gasteiger partial charge >= 0.3 is 5.97 Å². The first-order chi connectivity index (χ1) is 9.24. The number of methoxy groups -OCH3 is 1. The first kappa shape index (κ1) is 12.5. The molecule has 1 N–H and O–H groups in total. The first-order valence-electron chi connectivity index (χ1n) is 5.40. The summed E-state index contributed by atoms with van der Waals surface area (Å²) in [5, 5.41) is 11.9. The fourth-order valence-corrected chi connectivity index (χ4v) is 1.46. The second-order valence-electron chi connectivity index (χ2n) is 3.59. The van der Waals surface area contributed by atoms with Crippen molar-refractivity contribution in [3.63, 3.8) is 0 Å². The molecule has 6 nitrogen and oxygen atoms in total. The van der Waals surface area contributed by atoms with Crippen molar-refractivity contribution in [3.05, 3.63) is 47.9 Å². The van der Waals surface area contributed by atoms with Gasteiger partial charge in [-0.05, 0) is 24.3 Å². The molecule has 0 atom stereocenters. The third-order valence-electron chi connectivity index (χ3n) is 2.40. The van der Waals surface area contributed by atoms with Gasteiger partial charge in [0.1, 0.15) is 18.0 Å². The van der Waals surface area contributed by atoms with Gasteiger partial charge in [-0.1, -0.05) is 0 Å². The molecule has 0 aliphatic heterocycles. The van der Waals surface area contributed by atoms with E-state index in [1.807, 2.05) is 6.07 Å². The summed E-state index contributed by atoms with van der Waals surface area (Å²) < 4.78 is 4.61. The van der Waals surface area contributed by atoms with E-state index in [-0.39, 0.29) is 0 Å². The van der Waals surface area contributed by atoms with Crippen LogP contribution in [-0.2, 0) is 4.74 Å². The largest absolute Gasteiger partial charge is 0.465 e. The van der Waals surface area contributed by atoms with E-state index in [9.17, 15) is 4.79 Å². The van der Waals surface area contributed by atoms with E-state index in [1.165, 1.54) is 19.6 Å². The second-order valence-corrected chi connectivity index (χ2v) is 3.59. The van der Waals surface area contributed by atoms with E-state index in [1.54, 1.807) is 24.3 Å². The maximum atomic E-state index is 11.3. The van der Waals surface area contributed by atoms with Crippen LogP contribution in [-0.4, -0.2) is 23.0 Å². The lowest BCUT2D eigenvalue weighted by Crippen LogP contribution is -2.01. The summed E-state index contributed by atoms with van der Waals surface area (Å²) >= 11 is 0. The normalized spacial score (nSPS) is 9.47. The molecule has 1 aromatic heterocycles. The minimum atomic E-state index is -0.397. The molecule has 0 radical (unpaired) electrons. The van der Waals surface area contributed by atoms with Gasteiger partial charge in [-0.3, -0.25) is 0 Å². The Balaban J connectivity index is 2.20. The molecule has 1 heterocycles. The smallest absolute Gasteiger partial charge is 0.337 e. The molecule has 0 bridgehead atoms. The number of hydrogen-bond acceptors (Lipinski definition) is 6. The molecule has 19 heavy (non-hydrogen) atoms. The van der Waals surface area contributed by atoms with Gasteiger partial charge in [0.05, 0.1) is 18.9 Å². The van der Waals surface area contributed by atoms with E-state index in [0.29, 0.717) is 22.6 Å². The fraction of sp³-hybridized carbons (Fsp3) is 0.0769. The summed E-state index contributed by atoms with van der Waals surface area (Å²) in [5.41, 5.74) is 1.51. The molecule has 0 spiro atoms. The quantitative estimate of drug-likeness (QED) is 0.841. The van der Waals surface area contributed by atoms with Crippen LogP contribution in [0.4, 0.5) is 11.5 Å². The third-order valence-corrected chi connectivity index (χ3v) is 2.40. The lowest BCUT2D eigenvalue weighted by molar-refractivity contribution is 0.0601. The zero-order chi connectivity index (χ0) is 13.7. The second kappa shape index (κ2) is 5.60. The molecule has 94 valence electrons. The fourth-order valence-electron chi connectivity index (χ4n) is 1.46. The van der Waals surface area contributed by atoms with E-state index in [0.717, 1.165) is 0 Å². The molecule has 0 saturated heterocycles. The average Bonchev–Trinajstić information content (AvgIpc) is 2.48. The van der Waals surface area contributed by atoms with Gasteiger partial charge in [0.25, 0.3) is 0 Å². The van der Waals surface area contributed by atoms with Crippen molar-refractivity contribution in [1.29, 1.82) is 5.26 Å². The topological polar surface area (TPSA) is 87.9 Å². The van der Waals surface area contributed by atoms with Crippen LogP contribution in [0.15, 0.2) is 36.8 Å². The van der Waals surface area contributed by atoms with Gasteiger partial charge in [0.2, 0.25) is 0 Å². The Labute approximate surface area is 109 Å². The Hall–Kier alpha value is -2.94. The van der Waals surface area contributed by atoms with Crippen LogP contribution in [0.25, 0.3) is 0 Å². The predicted molar refractivity (Wildman–Crippen MR) is 67.8 cm³/mol. The number of carbonyl (C=O) groups excluding carboxylic acids is 1. The summed E-state index contributed by atoms with van der Waals surface area (Å²) in [6, 6.07) is 8.65. The van der Waals surface area contributed by atoms with Gasteiger partial charge < -0.3 is 10.1 Å². The predicted octanol–water partition coefficient (Wildman–Crippen LogP) is 1.88. The van der Waals surface area contributed by atoms with Crippen LogP contribution in [0, 0.1) is 11.3 Å². The van der Waals surface area contributed by atoms with Gasteiger partial charge in [-0.2, -0.15) is 5.26 Å². The zero-order valence-electron chi connectivity index (χ0n) is 10.1. The Morgan fingerprint density at radius 1 is 1.37 bits per heavy atom. The summed E-state index contributed by atoms with van der Waals surface area (Å²) in [6.45, 7) is 0. The molecular formula is C13H10N4O2. The Morgan fingerprint density at radius 2 is 2.11 bits per heavy atom. The summed E-state index contributed by atoms with van der Waals surface area (Å²) in [5.74, 6) is 0.0228. The molecule has 0 fully saturated rings. The maximum Gasteiger partial charge on any atom is 0.337 e. The number of esters is 1. The number of aromatic nitrogens is 2. The number of rotatable bonds is 3. The van der Waals surface area contributed by atoms with Gasteiger partial charge in [0, 0.05) is 5.69 Å². The number of ether oxygens (including phenoxy) is 1. The minimum absolute atomic E-state index is 0.347. The maximum absolute atomic E-state index is 11.3. The van der Waals surface area contributed by atoms with Crippen molar-refractivity contribution < 1.29 is 9.53 Å². The van der Waals surface area contributed by atoms with Crippen molar-refractivity contribution in [3.8, 4) is 6.07 Å². The number of hydrogen-bond donors (Lipinski definition) is 1. The van der Waals surface area contributed by atoms with Crippen LogP contribution in [0.5, 0.6) is 0 Å². The molecule has 0 amide bonds. The highest BCUT2D eigenvalue weighted by atomic mass is 16.5. The lowest BCUT2D eigenvalue weighted by Gasteiger charge is -2.07. The number of benzene rings is 1. The van der Waals surface area contributed by atoms with Crippen molar-refractivity contribution in [1.82, 2.24) is 9.97 Å². The third kappa shape index (κ3) is 2.84. The molecule has 1 aromatic carbocycles. The summed E-state index contributed by atoms with van der Waals surface area (Å²) in [6.07, 6.45) is 2.78. The number of nitrogens with one attached hydrogen (secondary N) is 1. The van der Waals surface area contributed by atoms with Gasteiger partial charge in [-0.25, -0.2) is 14.8 Å². The van der Waals surface area contributed by atoms with Crippen molar-refractivity contribution in [2.45, 2.75) is 0 Å². The molecule has 0 aliphatic rings. The zero-order valence-corrected chi connectivity index (χ0v) is 10.1. The van der Waals surface area contributed by atoms with Crippen molar-refractivity contribution >= 4 is 17.5 Å². The molecule has 2 rings (SSSR count). The highest BCUT2D eigenvalue weighted by Crippen LogP contribution is 2.17. The minimum Gasteiger partial charge on any atom is -0.465 e. The van der Waals surface area contributed by atoms with Crippen molar-refractivity contribution in [2.75, 3.05) is 12.4 Å². The number of anilines is 2. The van der Waals surface area contributed by atoms with Crippen LogP contribution in [0.3, 0.4) is 0 Å². The Morgan fingerprint density at radius 3 is 2.74 bits per heavy atom. The number of carbonyl (C=O) groups is 1. The SMILES string of the molecule is COC(=O)c1ccc(Nc2ncncc2C#N)cc1. The molecule has 2 aromatic rings. The molecule has 0 saturated carbocycles. The molecular weight excluding hydrogens is 244 g/mol. The lowest BCUT2D eigenvalue weighted by atomic mass is 10.2. The summed E-state index contributed by atoms with van der Waals surface area (Å²) in [4.78, 5) is 19.0. The van der Waals surface area contributed by atoms with Gasteiger partial charge in [-0.15, -0.1) is 0 Å². The number of nitrogens with zero attached hydrogens (tertiary/aromatic N) is 3. The standard InChI is InChI=1S/C13H10N4O2/c1-19-13(18)9-2-4-11(5-3-9)17-12-10(6-14)7-15-8-16-12/h2-5,7-8H,1H3,(H,15,16,17). The van der Waals surface area contributed by atoms with Gasteiger partial charge in [0.15, 0.2) is 5.82 Å². The molecule has 6 heteroatoms. The van der Waals surface area contributed by atoms with Crippen molar-refractivity contribution in [2.24, 2.45) is 0 Å². The van der Waals surface area contributed by atoms with Crippen LogP contribution < -0.4 is 5.32 Å². The number of nitriles is 1. The average molecular weight is 254 g/mol. The highest BCUT2D eigenvalue weighted by molar-refractivity contribution is 5.89. The van der Waals surface area contributed by atoms with E-state index in [4.69, 9.17) is 5.26 Å². The molecule has 0 unspecified atom stereocenters. The van der Waals surface area contributed by atoms with Crippen LogP contribution >= 0.6 is 0 Å².